The van der Waals surface area contributed by atoms with Crippen LogP contribution in [0.3, 0.4) is 0 Å². The topological polar surface area (TPSA) is 114 Å². The highest BCUT2D eigenvalue weighted by molar-refractivity contribution is 7.99. The van der Waals surface area contributed by atoms with Gasteiger partial charge in [0.05, 0.1) is 11.4 Å². The van der Waals surface area contributed by atoms with Crippen LogP contribution in [-0.2, 0) is 4.79 Å². The molecular weight excluding hydrogens is 340 g/mol. The van der Waals surface area contributed by atoms with E-state index in [0.29, 0.717) is 22.7 Å². The van der Waals surface area contributed by atoms with E-state index in [1.165, 1.54) is 16.4 Å². The van der Waals surface area contributed by atoms with Crippen LogP contribution in [0, 0.1) is 27.7 Å². The number of aromatic nitrogens is 7. The van der Waals surface area contributed by atoms with Crippen molar-refractivity contribution in [3.05, 3.63) is 35.0 Å². The van der Waals surface area contributed by atoms with Gasteiger partial charge in [0.2, 0.25) is 11.1 Å². The van der Waals surface area contributed by atoms with E-state index in [1.807, 2.05) is 33.8 Å². The first-order chi connectivity index (χ1) is 11.9. The molecule has 10 heteroatoms. The first-order valence-electron chi connectivity index (χ1n) is 7.61. The number of amides is 1. The number of thioether (sulfide) groups is 1. The van der Waals surface area contributed by atoms with Crippen molar-refractivity contribution in [3.8, 4) is 5.95 Å². The van der Waals surface area contributed by atoms with Crippen LogP contribution in [0.5, 0.6) is 0 Å². The monoisotopic (exact) mass is 358 g/mol. The number of nitrogens with zero attached hydrogens (tertiary/aromatic N) is 6. The van der Waals surface area contributed by atoms with Crippen molar-refractivity contribution in [1.29, 1.82) is 0 Å². The summed E-state index contributed by atoms with van der Waals surface area (Å²) in [6.45, 7) is 7.44. The predicted molar refractivity (Wildman–Crippen MR) is 93.8 cm³/mol. The Bertz CT molecular complexity index is 896. The average molecular weight is 358 g/mol. The quantitative estimate of drug-likeness (QED) is 0.668. The van der Waals surface area contributed by atoms with Crippen LogP contribution in [0.4, 0.5) is 5.82 Å². The van der Waals surface area contributed by atoms with Crippen molar-refractivity contribution < 1.29 is 4.79 Å². The van der Waals surface area contributed by atoms with Gasteiger partial charge in [0, 0.05) is 17.5 Å². The first kappa shape index (κ1) is 17.1. The van der Waals surface area contributed by atoms with Crippen LogP contribution < -0.4 is 5.32 Å². The molecule has 0 aliphatic heterocycles. The number of aromatic amines is 1. The van der Waals surface area contributed by atoms with E-state index in [9.17, 15) is 4.79 Å². The van der Waals surface area contributed by atoms with E-state index >= 15 is 0 Å². The fraction of sp³-hybridized carbons (Fsp3) is 0.333. The van der Waals surface area contributed by atoms with Crippen LogP contribution in [0.1, 0.15) is 22.9 Å². The second kappa shape index (κ2) is 7.01. The lowest BCUT2D eigenvalue weighted by atomic mass is 10.4. The fourth-order valence-corrected chi connectivity index (χ4v) is 2.88. The van der Waals surface area contributed by atoms with Crippen molar-refractivity contribution in [1.82, 2.24) is 34.9 Å². The second-order valence-electron chi connectivity index (χ2n) is 5.57. The Labute approximate surface area is 148 Å². The van der Waals surface area contributed by atoms with Gasteiger partial charge in [-0.05, 0) is 33.8 Å². The largest absolute Gasteiger partial charge is 0.310 e. The maximum Gasteiger partial charge on any atom is 0.252 e. The molecule has 3 aromatic rings. The molecule has 3 heterocycles. The van der Waals surface area contributed by atoms with Crippen molar-refractivity contribution >= 4 is 23.5 Å². The Hall–Kier alpha value is -2.75. The summed E-state index contributed by atoms with van der Waals surface area (Å²) in [4.78, 5) is 25.2. The van der Waals surface area contributed by atoms with Gasteiger partial charge in [0.15, 0.2) is 0 Å². The molecule has 0 bridgehead atoms. The normalized spacial score (nSPS) is 10.9. The maximum absolute atomic E-state index is 12.2. The number of H-pyrrole nitrogens is 1. The molecule has 0 saturated heterocycles. The van der Waals surface area contributed by atoms with Gasteiger partial charge in [-0.3, -0.25) is 9.89 Å². The Morgan fingerprint density at radius 1 is 1.12 bits per heavy atom. The number of aryl methyl sites for hydroxylation is 4. The summed E-state index contributed by atoms with van der Waals surface area (Å²) in [6, 6.07) is 3.66. The number of hydrogen-bond acceptors (Lipinski definition) is 7. The summed E-state index contributed by atoms with van der Waals surface area (Å²) in [5.74, 6) is 1.67. The molecule has 1 amide bonds. The SMILES string of the molecule is Cc1cc(C)nc(-n2nc(C)cc2NC(=O)CSc2n[nH]c(C)n2)n1. The van der Waals surface area contributed by atoms with Crippen LogP contribution in [0.2, 0.25) is 0 Å². The van der Waals surface area contributed by atoms with E-state index in [4.69, 9.17) is 0 Å². The Morgan fingerprint density at radius 3 is 2.48 bits per heavy atom. The molecule has 0 aliphatic rings. The molecule has 25 heavy (non-hydrogen) atoms. The molecule has 130 valence electrons. The standard InChI is InChI=1S/C15H18N8OS/c1-8-5-9(2)17-14(16-8)23-12(6-10(3)22-23)19-13(24)7-25-15-18-11(4)20-21-15/h5-6H,7H2,1-4H3,(H,19,24)(H,18,20,21). The van der Waals surface area contributed by atoms with Crippen LogP contribution in [-0.4, -0.2) is 46.6 Å². The number of nitrogens with one attached hydrogen (secondary N) is 2. The molecule has 0 radical (unpaired) electrons. The van der Waals surface area contributed by atoms with Gasteiger partial charge in [0.1, 0.15) is 11.6 Å². The van der Waals surface area contributed by atoms with Gasteiger partial charge in [0.25, 0.3) is 5.95 Å². The zero-order valence-corrected chi connectivity index (χ0v) is 15.2. The molecule has 0 aromatic carbocycles. The van der Waals surface area contributed by atoms with Crippen LogP contribution >= 0.6 is 11.8 Å². The molecule has 3 aromatic heterocycles. The van der Waals surface area contributed by atoms with Gasteiger partial charge in [-0.2, -0.15) is 9.78 Å². The highest BCUT2D eigenvalue weighted by atomic mass is 32.2. The van der Waals surface area contributed by atoms with Crippen LogP contribution in [0.25, 0.3) is 5.95 Å². The average Bonchev–Trinajstić information content (AvgIpc) is 3.10. The predicted octanol–water partition coefficient (Wildman–Crippen LogP) is 1.74. The number of carbonyl (C=O) groups is 1. The molecule has 2 N–H and O–H groups in total. The lowest BCUT2D eigenvalue weighted by Crippen LogP contribution is -2.18. The summed E-state index contributed by atoms with van der Waals surface area (Å²) in [6.07, 6.45) is 0. The molecule has 3 rings (SSSR count). The lowest BCUT2D eigenvalue weighted by Gasteiger charge is -2.08. The van der Waals surface area contributed by atoms with E-state index in [1.54, 1.807) is 6.07 Å². The molecule has 0 aliphatic carbocycles. The number of rotatable bonds is 5. The van der Waals surface area contributed by atoms with Gasteiger partial charge in [-0.15, -0.1) is 5.10 Å². The summed E-state index contributed by atoms with van der Waals surface area (Å²) in [7, 11) is 0. The third kappa shape index (κ3) is 4.21. The zero-order valence-electron chi connectivity index (χ0n) is 14.4. The van der Waals surface area contributed by atoms with Crippen molar-refractivity contribution in [2.24, 2.45) is 0 Å². The fourth-order valence-electron chi connectivity index (χ4n) is 2.24. The molecule has 0 fully saturated rings. The van der Waals surface area contributed by atoms with Gasteiger partial charge in [-0.1, -0.05) is 11.8 Å². The van der Waals surface area contributed by atoms with E-state index in [0.717, 1.165) is 17.1 Å². The van der Waals surface area contributed by atoms with E-state index in [-0.39, 0.29) is 11.7 Å². The Balaban J connectivity index is 1.75. The zero-order chi connectivity index (χ0) is 18.0. The maximum atomic E-state index is 12.2. The lowest BCUT2D eigenvalue weighted by molar-refractivity contribution is -0.113. The number of hydrogen-bond donors (Lipinski definition) is 2. The minimum Gasteiger partial charge on any atom is -0.310 e. The Morgan fingerprint density at radius 2 is 1.84 bits per heavy atom. The van der Waals surface area contributed by atoms with Gasteiger partial charge < -0.3 is 5.32 Å². The highest BCUT2D eigenvalue weighted by Gasteiger charge is 2.14. The molecule has 0 spiro atoms. The summed E-state index contributed by atoms with van der Waals surface area (Å²) < 4.78 is 1.54. The first-order valence-corrected chi connectivity index (χ1v) is 8.60. The molecular formula is C15H18N8OS. The summed E-state index contributed by atoms with van der Waals surface area (Å²) >= 11 is 1.26. The smallest absolute Gasteiger partial charge is 0.252 e. The third-order valence-electron chi connectivity index (χ3n) is 3.17. The minimum absolute atomic E-state index is 0.182. The Kier molecular flexibility index (Phi) is 4.79. The van der Waals surface area contributed by atoms with E-state index in [2.05, 4.69) is 35.6 Å². The van der Waals surface area contributed by atoms with Gasteiger partial charge in [-0.25, -0.2) is 15.0 Å². The molecule has 9 nitrogen and oxygen atoms in total. The highest BCUT2D eigenvalue weighted by Crippen LogP contribution is 2.17. The molecule has 0 unspecified atom stereocenters. The summed E-state index contributed by atoms with van der Waals surface area (Å²) in [5.41, 5.74) is 2.43. The minimum atomic E-state index is -0.182. The van der Waals surface area contributed by atoms with Crippen molar-refractivity contribution in [2.75, 3.05) is 11.1 Å². The van der Waals surface area contributed by atoms with Gasteiger partial charge >= 0.3 is 0 Å². The molecule has 0 atom stereocenters. The van der Waals surface area contributed by atoms with Crippen molar-refractivity contribution in [3.63, 3.8) is 0 Å². The second-order valence-corrected chi connectivity index (χ2v) is 6.52. The van der Waals surface area contributed by atoms with Crippen LogP contribution in [0.15, 0.2) is 17.3 Å². The summed E-state index contributed by atoms with van der Waals surface area (Å²) in [5, 5.41) is 14.5. The third-order valence-corrected chi connectivity index (χ3v) is 4.02. The number of anilines is 1. The van der Waals surface area contributed by atoms with E-state index < -0.39 is 0 Å². The number of carbonyl (C=O) groups excluding carboxylic acids is 1. The molecule has 0 saturated carbocycles. The van der Waals surface area contributed by atoms with Crippen molar-refractivity contribution in [2.45, 2.75) is 32.9 Å².